The lowest BCUT2D eigenvalue weighted by Crippen LogP contribution is -2.15. The van der Waals surface area contributed by atoms with Gasteiger partial charge in [0.05, 0.1) is 0 Å². The summed E-state index contributed by atoms with van der Waals surface area (Å²) in [6.07, 6.45) is 17.1. The molecule has 3 rings (SSSR count). The van der Waals surface area contributed by atoms with Crippen LogP contribution >= 0.6 is 0 Å². The fourth-order valence-electron chi connectivity index (χ4n) is 4.34. The third-order valence-electron chi connectivity index (χ3n) is 5.97. The Labute approximate surface area is 159 Å². The average molecular weight is 351 g/mol. The molecule has 1 saturated carbocycles. The Morgan fingerprint density at radius 3 is 1.92 bits per heavy atom. The van der Waals surface area contributed by atoms with E-state index in [2.05, 4.69) is 48.1 Å². The van der Waals surface area contributed by atoms with Crippen molar-refractivity contribution in [2.45, 2.75) is 78.1 Å². The average Bonchev–Trinajstić information content (AvgIpc) is 2.69. The highest BCUT2D eigenvalue weighted by atomic mass is 14.9. The first-order chi connectivity index (χ1) is 12.8. The van der Waals surface area contributed by atoms with E-state index in [0.29, 0.717) is 0 Å². The van der Waals surface area contributed by atoms with Crippen molar-refractivity contribution in [2.75, 3.05) is 0 Å². The minimum atomic E-state index is 0.887. The van der Waals surface area contributed by atoms with Crippen molar-refractivity contribution in [3.8, 4) is 11.1 Å². The molecule has 0 radical (unpaired) electrons. The summed E-state index contributed by atoms with van der Waals surface area (Å²) in [5.41, 5.74) is 3.74. The van der Waals surface area contributed by atoms with E-state index in [1.807, 2.05) is 12.4 Å². The minimum absolute atomic E-state index is 0.887. The van der Waals surface area contributed by atoms with E-state index in [-0.39, 0.29) is 0 Å². The van der Waals surface area contributed by atoms with Crippen LogP contribution in [0.4, 0.5) is 0 Å². The Morgan fingerprint density at radius 1 is 0.731 bits per heavy atom. The fraction of sp³-hybridized carbons (Fsp3) is 0.583. The van der Waals surface area contributed by atoms with E-state index >= 15 is 0 Å². The maximum absolute atomic E-state index is 4.63. The molecule has 0 amide bonds. The van der Waals surface area contributed by atoms with Gasteiger partial charge in [0.25, 0.3) is 0 Å². The second-order valence-electron chi connectivity index (χ2n) is 8.05. The van der Waals surface area contributed by atoms with Gasteiger partial charge in [-0.2, -0.15) is 0 Å². The summed E-state index contributed by atoms with van der Waals surface area (Å²) in [5, 5.41) is 0. The van der Waals surface area contributed by atoms with Gasteiger partial charge < -0.3 is 0 Å². The molecule has 2 nitrogen and oxygen atoms in total. The summed E-state index contributed by atoms with van der Waals surface area (Å²) < 4.78 is 0. The van der Waals surface area contributed by atoms with E-state index in [0.717, 1.165) is 36.1 Å². The van der Waals surface area contributed by atoms with Crippen LogP contribution < -0.4 is 0 Å². The van der Waals surface area contributed by atoms with Crippen LogP contribution in [0.3, 0.4) is 0 Å². The minimum Gasteiger partial charge on any atom is -0.241 e. The van der Waals surface area contributed by atoms with Crippen molar-refractivity contribution in [3.05, 3.63) is 48.0 Å². The molecule has 2 aromatic rings. The zero-order valence-electron chi connectivity index (χ0n) is 16.6. The predicted molar refractivity (Wildman–Crippen MR) is 110 cm³/mol. The van der Waals surface area contributed by atoms with Gasteiger partial charge in [0.15, 0.2) is 0 Å². The van der Waals surface area contributed by atoms with Gasteiger partial charge in [-0.25, -0.2) is 9.97 Å². The lowest BCUT2D eigenvalue weighted by atomic mass is 9.78. The molecule has 0 spiro atoms. The van der Waals surface area contributed by atoms with Gasteiger partial charge >= 0.3 is 0 Å². The van der Waals surface area contributed by atoms with E-state index in [4.69, 9.17) is 0 Å². The van der Waals surface area contributed by atoms with E-state index < -0.39 is 0 Å². The Balaban J connectivity index is 1.49. The first-order valence-corrected chi connectivity index (χ1v) is 10.7. The van der Waals surface area contributed by atoms with Crippen molar-refractivity contribution in [2.24, 2.45) is 11.8 Å². The molecule has 0 unspecified atom stereocenters. The monoisotopic (exact) mass is 350 g/mol. The van der Waals surface area contributed by atoms with Crippen LogP contribution in [0.15, 0.2) is 36.7 Å². The molecule has 1 aliphatic carbocycles. The molecule has 140 valence electrons. The van der Waals surface area contributed by atoms with Crippen molar-refractivity contribution < 1.29 is 0 Å². The lowest BCUT2D eigenvalue weighted by molar-refractivity contribution is 0.251. The van der Waals surface area contributed by atoms with Gasteiger partial charge in [-0.15, -0.1) is 0 Å². The second kappa shape index (κ2) is 9.85. The normalized spacial score (nSPS) is 20.2. The van der Waals surface area contributed by atoms with Crippen molar-refractivity contribution in [1.82, 2.24) is 9.97 Å². The van der Waals surface area contributed by atoms with Gasteiger partial charge in [0, 0.05) is 24.4 Å². The smallest absolute Gasteiger partial charge is 0.128 e. The molecule has 2 heteroatoms. The van der Waals surface area contributed by atoms with Crippen LogP contribution in [0.2, 0.25) is 0 Å². The first-order valence-electron chi connectivity index (χ1n) is 10.7. The molecule has 1 heterocycles. The fourth-order valence-corrected chi connectivity index (χ4v) is 4.34. The molecular weight excluding hydrogens is 316 g/mol. The van der Waals surface area contributed by atoms with Crippen LogP contribution in [0.25, 0.3) is 11.1 Å². The Kier molecular flexibility index (Phi) is 7.22. The maximum atomic E-state index is 4.63. The third kappa shape index (κ3) is 5.40. The number of benzene rings is 1. The molecule has 0 N–H and O–H groups in total. The summed E-state index contributed by atoms with van der Waals surface area (Å²) in [7, 11) is 0. The van der Waals surface area contributed by atoms with Crippen LogP contribution in [-0.2, 0) is 12.8 Å². The molecule has 1 fully saturated rings. The molecule has 1 aromatic carbocycles. The van der Waals surface area contributed by atoms with Gasteiger partial charge in [0.2, 0.25) is 0 Å². The topological polar surface area (TPSA) is 25.8 Å². The predicted octanol–water partition coefficient (Wildman–Crippen LogP) is 6.64. The molecule has 0 saturated heterocycles. The highest BCUT2D eigenvalue weighted by molar-refractivity contribution is 5.61. The Bertz CT molecular complexity index is 637. The molecule has 0 bridgehead atoms. The summed E-state index contributed by atoms with van der Waals surface area (Å²) in [6.45, 7) is 4.53. The van der Waals surface area contributed by atoms with Crippen LogP contribution in [0.1, 0.15) is 76.6 Å². The molecular formula is C24H34N2. The Hall–Kier alpha value is -1.70. The lowest BCUT2D eigenvalue weighted by Gasteiger charge is -2.28. The molecule has 26 heavy (non-hydrogen) atoms. The highest BCUT2D eigenvalue weighted by Gasteiger charge is 2.20. The van der Waals surface area contributed by atoms with Gasteiger partial charge in [-0.05, 0) is 35.8 Å². The quantitative estimate of drug-likeness (QED) is 0.533. The standard InChI is InChI=1S/C24H34N2/c1-3-5-19-7-9-21(10-8-19)13-16-24-25-17-23(18-26-24)22-14-11-20(6-4-2)12-15-22/h11-12,14-15,17-19,21H,3-10,13,16H2,1-2H3/t19-,21-. The zero-order chi connectivity index (χ0) is 18.2. The zero-order valence-corrected chi connectivity index (χ0v) is 16.6. The molecule has 1 aromatic heterocycles. The number of rotatable bonds is 8. The van der Waals surface area contributed by atoms with Crippen LogP contribution in [0, 0.1) is 11.8 Å². The van der Waals surface area contributed by atoms with Gasteiger partial charge in [-0.1, -0.05) is 83.1 Å². The maximum Gasteiger partial charge on any atom is 0.128 e. The van der Waals surface area contributed by atoms with Gasteiger partial charge in [0.1, 0.15) is 5.82 Å². The second-order valence-corrected chi connectivity index (χ2v) is 8.05. The van der Waals surface area contributed by atoms with Crippen LogP contribution in [0.5, 0.6) is 0 Å². The number of aryl methyl sites for hydroxylation is 2. The molecule has 0 aliphatic heterocycles. The van der Waals surface area contributed by atoms with E-state index in [1.54, 1.807) is 0 Å². The Morgan fingerprint density at radius 2 is 1.35 bits per heavy atom. The third-order valence-corrected chi connectivity index (χ3v) is 5.97. The summed E-state index contributed by atoms with van der Waals surface area (Å²) >= 11 is 0. The molecule has 1 aliphatic rings. The number of aromatic nitrogens is 2. The number of hydrogen-bond acceptors (Lipinski definition) is 2. The first kappa shape index (κ1) is 19.1. The number of nitrogens with zero attached hydrogens (tertiary/aromatic N) is 2. The SMILES string of the molecule is CCCc1ccc(-c2cnc(CC[C@H]3CC[C@H](CCC)CC3)nc2)cc1. The number of hydrogen-bond donors (Lipinski definition) is 0. The molecule has 0 atom stereocenters. The highest BCUT2D eigenvalue weighted by Crippen LogP contribution is 2.33. The largest absolute Gasteiger partial charge is 0.241 e. The van der Waals surface area contributed by atoms with Gasteiger partial charge in [-0.3, -0.25) is 0 Å². The van der Waals surface area contributed by atoms with E-state index in [1.165, 1.54) is 62.5 Å². The van der Waals surface area contributed by atoms with Crippen molar-refractivity contribution in [1.29, 1.82) is 0 Å². The summed E-state index contributed by atoms with van der Waals surface area (Å²) in [4.78, 5) is 9.26. The summed E-state index contributed by atoms with van der Waals surface area (Å²) in [6, 6.07) is 8.83. The van der Waals surface area contributed by atoms with Crippen molar-refractivity contribution in [3.63, 3.8) is 0 Å². The van der Waals surface area contributed by atoms with E-state index in [9.17, 15) is 0 Å². The van der Waals surface area contributed by atoms with Crippen molar-refractivity contribution >= 4 is 0 Å². The summed E-state index contributed by atoms with van der Waals surface area (Å²) in [5.74, 6) is 2.89. The van der Waals surface area contributed by atoms with Crippen LogP contribution in [-0.4, -0.2) is 9.97 Å².